The van der Waals surface area contributed by atoms with Gasteiger partial charge < -0.3 is 5.73 Å². The predicted molar refractivity (Wildman–Crippen MR) is 59.3 cm³/mol. The first-order chi connectivity index (χ1) is 7.34. The smallest absolute Gasteiger partial charge is 0.220 e. The van der Waals surface area contributed by atoms with E-state index < -0.39 is 0 Å². The lowest BCUT2D eigenvalue weighted by molar-refractivity contribution is 1.23. The third kappa shape index (κ3) is 1.19. The van der Waals surface area contributed by atoms with Crippen LogP contribution in [0.3, 0.4) is 0 Å². The molecule has 0 aliphatic carbocycles. The summed E-state index contributed by atoms with van der Waals surface area (Å²) in [5, 5.41) is 2.03. The van der Waals surface area contributed by atoms with Crippen molar-refractivity contribution in [2.24, 2.45) is 0 Å². The first-order valence-corrected chi connectivity index (χ1v) is 4.60. The molecule has 3 rings (SSSR count). The molecule has 3 aromatic rings. The van der Waals surface area contributed by atoms with E-state index in [4.69, 9.17) is 5.73 Å². The molecule has 2 N–H and O–H groups in total. The van der Waals surface area contributed by atoms with Gasteiger partial charge in [0.15, 0.2) is 0 Å². The van der Waals surface area contributed by atoms with Crippen LogP contribution in [-0.2, 0) is 0 Å². The number of hydrogen-bond donors (Lipinski definition) is 1. The van der Waals surface area contributed by atoms with Crippen LogP contribution in [-0.4, -0.2) is 15.0 Å². The highest BCUT2D eigenvalue weighted by Gasteiger charge is 2.02. The number of para-hydroxylation sites is 1. The van der Waals surface area contributed by atoms with Gasteiger partial charge in [-0.1, -0.05) is 18.2 Å². The van der Waals surface area contributed by atoms with Gasteiger partial charge in [0.2, 0.25) is 5.95 Å². The Bertz CT molecular complexity index is 648. The summed E-state index contributed by atoms with van der Waals surface area (Å²) in [6, 6.07) is 7.90. The highest BCUT2D eigenvalue weighted by Crippen LogP contribution is 2.21. The maximum Gasteiger partial charge on any atom is 0.220 e. The predicted octanol–water partition coefficient (Wildman–Crippen LogP) is 1.76. The summed E-state index contributed by atoms with van der Waals surface area (Å²) in [7, 11) is 0. The molecule has 2 heterocycles. The number of benzene rings is 1. The molecular formula is C11H8N4. The second-order valence-electron chi connectivity index (χ2n) is 3.30. The zero-order valence-corrected chi connectivity index (χ0v) is 7.88. The molecule has 0 amide bonds. The number of nitrogens with two attached hydrogens (primary N) is 1. The van der Waals surface area contributed by atoms with Crippen LogP contribution in [0.5, 0.6) is 0 Å². The highest BCUT2D eigenvalue weighted by atomic mass is 15.0. The van der Waals surface area contributed by atoms with E-state index in [1.807, 2.05) is 24.3 Å². The minimum atomic E-state index is 0.277. The van der Waals surface area contributed by atoms with Gasteiger partial charge in [-0.15, -0.1) is 0 Å². The van der Waals surface area contributed by atoms with Gasteiger partial charge in [-0.05, 0) is 6.07 Å². The maximum absolute atomic E-state index is 5.52. The molecule has 0 saturated heterocycles. The zero-order chi connectivity index (χ0) is 10.3. The number of nitrogens with zero attached hydrogens (tertiary/aromatic N) is 3. The van der Waals surface area contributed by atoms with Crippen LogP contribution in [0.25, 0.3) is 21.8 Å². The topological polar surface area (TPSA) is 64.7 Å². The molecule has 1 aromatic carbocycles. The van der Waals surface area contributed by atoms with Crippen LogP contribution in [0, 0.1) is 0 Å². The monoisotopic (exact) mass is 196 g/mol. The van der Waals surface area contributed by atoms with Crippen molar-refractivity contribution in [1.82, 2.24) is 15.0 Å². The van der Waals surface area contributed by atoms with E-state index in [-0.39, 0.29) is 5.95 Å². The third-order valence-electron chi connectivity index (χ3n) is 2.36. The number of hydrogen-bond acceptors (Lipinski definition) is 4. The average Bonchev–Trinajstić information content (AvgIpc) is 2.28. The first-order valence-electron chi connectivity index (χ1n) is 4.60. The largest absolute Gasteiger partial charge is 0.368 e. The fraction of sp³-hybridized carbons (Fsp3) is 0. The van der Waals surface area contributed by atoms with Crippen molar-refractivity contribution in [3.05, 3.63) is 36.7 Å². The van der Waals surface area contributed by atoms with Crippen LogP contribution in [0.2, 0.25) is 0 Å². The molecule has 0 aliphatic heterocycles. The molecule has 15 heavy (non-hydrogen) atoms. The average molecular weight is 196 g/mol. The van der Waals surface area contributed by atoms with Gasteiger partial charge in [-0.3, -0.25) is 4.98 Å². The lowest BCUT2D eigenvalue weighted by atomic mass is 10.1. The Morgan fingerprint density at radius 2 is 1.73 bits per heavy atom. The Morgan fingerprint density at radius 1 is 0.867 bits per heavy atom. The number of fused-ring (bicyclic) bond motifs is 3. The van der Waals surface area contributed by atoms with Gasteiger partial charge in [0.1, 0.15) is 0 Å². The van der Waals surface area contributed by atoms with E-state index in [0.717, 1.165) is 21.8 Å². The number of anilines is 1. The highest BCUT2D eigenvalue weighted by molar-refractivity contribution is 6.03. The number of nitrogen functional groups attached to an aromatic ring is 1. The van der Waals surface area contributed by atoms with Gasteiger partial charge in [0.25, 0.3) is 0 Å². The van der Waals surface area contributed by atoms with E-state index >= 15 is 0 Å². The summed E-state index contributed by atoms with van der Waals surface area (Å²) in [6.07, 6.45) is 3.46. The van der Waals surface area contributed by atoms with E-state index in [1.54, 1.807) is 12.4 Å². The van der Waals surface area contributed by atoms with E-state index in [9.17, 15) is 0 Å². The van der Waals surface area contributed by atoms with Crippen molar-refractivity contribution in [3.63, 3.8) is 0 Å². The summed E-state index contributed by atoms with van der Waals surface area (Å²) in [6.45, 7) is 0. The normalized spacial score (nSPS) is 10.9. The van der Waals surface area contributed by atoms with E-state index in [2.05, 4.69) is 15.0 Å². The van der Waals surface area contributed by atoms with Gasteiger partial charge in [-0.2, -0.15) is 0 Å². The van der Waals surface area contributed by atoms with Crippen molar-refractivity contribution in [1.29, 1.82) is 0 Å². The summed E-state index contributed by atoms with van der Waals surface area (Å²) < 4.78 is 0. The van der Waals surface area contributed by atoms with E-state index in [0.29, 0.717) is 0 Å². The second kappa shape index (κ2) is 2.88. The van der Waals surface area contributed by atoms with Crippen molar-refractivity contribution >= 4 is 27.8 Å². The van der Waals surface area contributed by atoms with Crippen molar-refractivity contribution < 1.29 is 0 Å². The first kappa shape index (κ1) is 8.11. The van der Waals surface area contributed by atoms with E-state index in [1.165, 1.54) is 0 Å². The minimum absolute atomic E-state index is 0.277. The standard InChI is InChI=1S/C11H8N4/c12-11-14-5-8-7-3-1-2-4-9(7)13-6-10(8)15-11/h1-6H,(H2,12,14,15). The molecule has 2 aromatic heterocycles. The van der Waals surface area contributed by atoms with Crippen LogP contribution >= 0.6 is 0 Å². The summed E-state index contributed by atoms with van der Waals surface area (Å²) in [5.41, 5.74) is 7.24. The lowest BCUT2D eigenvalue weighted by Gasteiger charge is -2.01. The molecule has 4 heteroatoms. The van der Waals surface area contributed by atoms with Gasteiger partial charge in [0, 0.05) is 17.0 Å². The molecule has 72 valence electrons. The van der Waals surface area contributed by atoms with Gasteiger partial charge in [0.05, 0.1) is 17.2 Å². The van der Waals surface area contributed by atoms with Gasteiger partial charge >= 0.3 is 0 Å². The third-order valence-corrected chi connectivity index (χ3v) is 2.36. The number of rotatable bonds is 0. The molecule has 0 fully saturated rings. The lowest BCUT2D eigenvalue weighted by Crippen LogP contribution is -1.94. The Labute approximate surface area is 85.8 Å². The Morgan fingerprint density at radius 3 is 2.67 bits per heavy atom. The molecule has 0 saturated carbocycles. The molecule has 0 spiro atoms. The minimum Gasteiger partial charge on any atom is -0.368 e. The van der Waals surface area contributed by atoms with Crippen LogP contribution in [0.15, 0.2) is 36.7 Å². The SMILES string of the molecule is Nc1ncc2c(cnc3ccccc32)n1. The van der Waals surface area contributed by atoms with Crippen LogP contribution in [0.4, 0.5) is 5.95 Å². The second-order valence-corrected chi connectivity index (χ2v) is 3.30. The molecule has 0 radical (unpaired) electrons. The Kier molecular flexibility index (Phi) is 1.56. The number of pyridine rings is 1. The Balaban J connectivity index is 2.55. The van der Waals surface area contributed by atoms with Crippen LogP contribution < -0.4 is 5.73 Å². The van der Waals surface area contributed by atoms with Gasteiger partial charge in [-0.25, -0.2) is 9.97 Å². The molecule has 0 atom stereocenters. The molecule has 0 aliphatic rings. The fourth-order valence-corrected chi connectivity index (χ4v) is 1.66. The molecule has 0 unspecified atom stereocenters. The maximum atomic E-state index is 5.52. The molecule has 4 nitrogen and oxygen atoms in total. The molecule has 0 bridgehead atoms. The fourth-order valence-electron chi connectivity index (χ4n) is 1.66. The summed E-state index contributed by atoms with van der Waals surface area (Å²) >= 11 is 0. The summed E-state index contributed by atoms with van der Waals surface area (Å²) in [4.78, 5) is 12.4. The summed E-state index contributed by atoms with van der Waals surface area (Å²) in [5.74, 6) is 0.277. The van der Waals surface area contributed by atoms with Crippen molar-refractivity contribution in [3.8, 4) is 0 Å². The van der Waals surface area contributed by atoms with Crippen molar-refractivity contribution in [2.75, 3.05) is 5.73 Å². The quantitative estimate of drug-likeness (QED) is 0.556. The number of aromatic nitrogens is 3. The van der Waals surface area contributed by atoms with Crippen molar-refractivity contribution in [2.45, 2.75) is 0 Å². The van der Waals surface area contributed by atoms with Crippen LogP contribution in [0.1, 0.15) is 0 Å². The zero-order valence-electron chi connectivity index (χ0n) is 7.88. The Hall–Kier alpha value is -2.23. The molecular weight excluding hydrogens is 188 g/mol.